The highest BCUT2D eigenvalue weighted by Gasteiger charge is 2.33. The number of carbonyl (C=O) groups excluding carboxylic acids is 1. The molecule has 1 rings (SSSR count). The minimum atomic E-state index is 0.00169. The van der Waals surface area contributed by atoms with Crippen molar-refractivity contribution in [3.63, 3.8) is 0 Å². The lowest BCUT2D eigenvalue weighted by Gasteiger charge is -2.25. The third kappa shape index (κ3) is 2.08. The first kappa shape index (κ1) is 11.1. The Morgan fingerprint density at radius 3 is 2.93 bits per heavy atom. The van der Waals surface area contributed by atoms with Gasteiger partial charge in [-0.25, -0.2) is 0 Å². The standard InChI is InChI=1S/C11H18N2O/c1-4-6-9(5-2)13-8-7-10(12-3)11(13)14/h1,9-10,12H,5-8H2,2-3H3. The maximum Gasteiger partial charge on any atom is 0.240 e. The topological polar surface area (TPSA) is 32.3 Å². The molecule has 2 unspecified atom stereocenters. The van der Waals surface area contributed by atoms with Crippen LogP contribution in [0.3, 0.4) is 0 Å². The predicted molar refractivity (Wildman–Crippen MR) is 56.7 cm³/mol. The van der Waals surface area contributed by atoms with E-state index in [1.165, 1.54) is 0 Å². The molecule has 0 saturated carbocycles. The molecule has 1 saturated heterocycles. The second-order valence-corrected chi connectivity index (χ2v) is 3.63. The van der Waals surface area contributed by atoms with Crippen molar-refractivity contribution in [2.75, 3.05) is 13.6 Å². The highest BCUT2D eigenvalue weighted by molar-refractivity contribution is 5.84. The summed E-state index contributed by atoms with van der Waals surface area (Å²) >= 11 is 0. The SMILES string of the molecule is C#CCC(CC)N1CCC(NC)C1=O. The summed E-state index contributed by atoms with van der Waals surface area (Å²) in [4.78, 5) is 13.7. The molecule has 1 aliphatic heterocycles. The zero-order valence-corrected chi connectivity index (χ0v) is 8.92. The minimum absolute atomic E-state index is 0.00169. The number of rotatable bonds is 4. The van der Waals surface area contributed by atoms with Crippen LogP contribution >= 0.6 is 0 Å². The minimum Gasteiger partial charge on any atom is -0.337 e. The van der Waals surface area contributed by atoms with Crippen LogP contribution < -0.4 is 5.32 Å². The molecular formula is C11H18N2O. The Balaban J connectivity index is 2.61. The Hall–Kier alpha value is -1.01. The van der Waals surface area contributed by atoms with E-state index in [0.717, 1.165) is 19.4 Å². The number of hydrogen-bond acceptors (Lipinski definition) is 2. The quantitative estimate of drug-likeness (QED) is 0.665. The maximum atomic E-state index is 11.8. The van der Waals surface area contributed by atoms with E-state index in [0.29, 0.717) is 6.42 Å². The van der Waals surface area contributed by atoms with Gasteiger partial charge in [-0.15, -0.1) is 12.3 Å². The zero-order chi connectivity index (χ0) is 10.6. The number of likely N-dealkylation sites (N-methyl/N-ethyl adjacent to an activating group) is 1. The predicted octanol–water partition coefficient (Wildman–Crippen LogP) is 0.609. The van der Waals surface area contributed by atoms with Gasteiger partial charge >= 0.3 is 0 Å². The Kier molecular flexibility index (Phi) is 3.97. The van der Waals surface area contributed by atoms with E-state index in [1.54, 1.807) is 0 Å². The van der Waals surface area contributed by atoms with Crippen molar-refractivity contribution in [3.05, 3.63) is 0 Å². The highest BCUT2D eigenvalue weighted by Crippen LogP contribution is 2.18. The van der Waals surface area contributed by atoms with E-state index < -0.39 is 0 Å². The Bertz CT molecular complexity index is 244. The van der Waals surface area contributed by atoms with Crippen molar-refractivity contribution in [3.8, 4) is 12.3 Å². The molecule has 2 atom stereocenters. The summed E-state index contributed by atoms with van der Waals surface area (Å²) in [5.41, 5.74) is 0. The Labute approximate surface area is 85.9 Å². The van der Waals surface area contributed by atoms with Crippen LogP contribution in [0.5, 0.6) is 0 Å². The molecule has 0 aromatic carbocycles. The first-order valence-corrected chi connectivity index (χ1v) is 5.15. The first-order valence-electron chi connectivity index (χ1n) is 5.15. The van der Waals surface area contributed by atoms with E-state index in [2.05, 4.69) is 18.2 Å². The van der Waals surface area contributed by atoms with Gasteiger partial charge in [-0.05, 0) is 19.9 Å². The molecule has 14 heavy (non-hydrogen) atoms. The summed E-state index contributed by atoms with van der Waals surface area (Å²) in [6, 6.07) is 0.229. The molecule has 0 aliphatic carbocycles. The fourth-order valence-corrected chi connectivity index (χ4v) is 1.94. The number of nitrogens with one attached hydrogen (secondary N) is 1. The summed E-state index contributed by atoms with van der Waals surface area (Å²) in [6.07, 6.45) is 7.78. The van der Waals surface area contributed by atoms with Crippen LogP contribution in [0.15, 0.2) is 0 Å². The summed E-state index contributed by atoms with van der Waals surface area (Å²) in [6.45, 7) is 2.91. The molecule has 1 aliphatic rings. The molecule has 1 fully saturated rings. The van der Waals surface area contributed by atoms with Crippen molar-refractivity contribution < 1.29 is 4.79 Å². The molecule has 1 heterocycles. The van der Waals surface area contributed by atoms with Crippen LogP contribution in [0.2, 0.25) is 0 Å². The van der Waals surface area contributed by atoms with Crippen LogP contribution in [-0.4, -0.2) is 36.5 Å². The second-order valence-electron chi connectivity index (χ2n) is 3.63. The molecule has 3 heteroatoms. The zero-order valence-electron chi connectivity index (χ0n) is 8.92. The van der Waals surface area contributed by atoms with E-state index in [-0.39, 0.29) is 18.0 Å². The van der Waals surface area contributed by atoms with Gasteiger partial charge < -0.3 is 10.2 Å². The highest BCUT2D eigenvalue weighted by atomic mass is 16.2. The van der Waals surface area contributed by atoms with Crippen molar-refractivity contribution in [2.24, 2.45) is 0 Å². The fourth-order valence-electron chi connectivity index (χ4n) is 1.94. The van der Waals surface area contributed by atoms with Gasteiger partial charge in [-0.2, -0.15) is 0 Å². The van der Waals surface area contributed by atoms with Gasteiger partial charge in [0.1, 0.15) is 0 Å². The van der Waals surface area contributed by atoms with Gasteiger partial charge in [0.25, 0.3) is 0 Å². The average molecular weight is 194 g/mol. The van der Waals surface area contributed by atoms with Crippen LogP contribution in [0, 0.1) is 12.3 Å². The molecule has 0 bridgehead atoms. The first-order chi connectivity index (χ1) is 6.74. The number of likely N-dealkylation sites (tertiary alicyclic amines) is 1. The van der Waals surface area contributed by atoms with Crippen molar-refractivity contribution >= 4 is 5.91 Å². The molecule has 1 N–H and O–H groups in total. The van der Waals surface area contributed by atoms with E-state index in [9.17, 15) is 4.79 Å². The van der Waals surface area contributed by atoms with Crippen LogP contribution in [0.4, 0.5) is 0 Å². The molecule has 0 radical (unpaired) electrons. The smallest absolute Gasteiger partial charge is 0.240 e. The Morgan fingerprint density at radius 1 is 1.79 bits per heavy atom. The number of amides is 1. The monoisotopic (exact) mass is 194 g/mol. The molecule has 3 nitrogen and oxygen atoms in total. The average Bonchev–Trinajstić information content (AvgIpc) is 2.56. The third-order valence-electron chi connectivity index (χ3n) is 2.85. The number of carbonyl (C=O) groups is 1. The van der Waals surface area contributed by atoms with Gasteiger partial charge in [-0.1, -0.05) is 6.92 Å². The van der Waals surface area contributed by atoms with Gasteiger partial charge in [0.05, 0.1) is 6.04 Å². The lowest BCUT2D eigenvalue weighted by atomic mass is 10.1. The number of nitrogens with zero attached hydrogens (tertiary/aromatic N) is 1. The molecule has 0 spiro atoms. The lowest BCUT2D eigenvalue weighted by Crippen LogP contribution is -2.41. The second kappa shape index (κ2) is 5.02. The lowest BCUT2D eigenvalue weighted by molar-refractivity contribution is -0.131. The summed E-state index contributed by atoms with van der Waals surface area (Å²) < 4.78 is 0. The summed E-state index contributed by atoms with van der Waals surface area (Å²) in [5.74, 6) is 2.84. The van der Waals surface area contributed by atoms with Gasteiger partial charge in [0.15, 0.2) is 0 Å². The normalized spacial score (nSPS) is 23.6. The third-order valence-corrected chi connectivity index (χ3v) is 2.85. The van der Waals surface area contributed by atoms with Gasteiger partial charge in [0.2, 0.25) is 5.91 Å². The fraction of sp³-hybridized carbons (Fsp3) is 0.727. The molecule has 78 valence electrons. The van der Waals surface area contributed by atoms with E-state index >= 15 is 0 Å². The molecule has 1 amide bonds. The largest absolute Gasteiger partial charge is 0.337 e. The molecule has 0 aromatic rings. The molecular weight excluding hydrogens is 176 g/mol. The van der Waals surface area contributed by atoms with Crippen molar-refractivity contribution in [1.82, 2.24) is 10.2 Å². The maximum absolute atomic E-state index is 11.8. The Morgan fingerprint density at radius 2 is 2.50 bits per heavy atom. The van der Waals surface area contributed by atoms with Gasteiger partial charge in [-0.3, -0.25) is 4.79 Å². The van der Waals surface area contributed by atoms with Crippen LogP contribution in [-0.2, 0) is 4.79 Å². The van der Waals surface area contributed by atoms with Crippen molar-refractivity contribution in [2.45, 2.75) is 38.3 Å². The summed E-state index contributed by atoms with van der Waals surface area (Å²) in [5, 5.41) is 3.02. The van der Waals surface area contributed by atoms with Gasteiger partial charge in [0, 0.05) is 19.0 Å². The molecule has 0 aromatic heterocycles. The van der Waals surface area contributed by atoms with Crippen LogP contribution in [0.1, 0.15) is 26.2 Å². The van der Waals surface area contributed by atoms with Crippen LogP contribution in [0.25, 0.3) is 0 Å². The number of terminal acetylenes is 1. The van der Waals surface area contributed by atoms with E-state index in [4.69, 9.17) is 6.42 Å². The summed E-state index contributed by atoms with van der Waals surface area (Å²) in [7, 11) is 1.83. The van der Waals surface area contributed by atoms with Crippen molar-refractivity contribution in [1.29, 1.82) is 0 Å². The number of hydrogen-bond donors (Lipinski definition) is 1. The van der Waals surface area contributed by atoms with E-state index in [1.807, 2.05) is 11.9 Å².